The van der Waals surface area contributed by atoms with Crippen molar-refractivity contribution in [1.29, 1.82) is 0 Å². The number of aromatic nitrogens is 1. The molecule has 3 nitrogen and oxygen atoms in total. The van der Waals surface area contributed by atoms with Crippen molar-refractivity contribution in [3.8, 4) is 11.6 Å². The van der Waals surface area contributed by atoms with E-state index >= 15 is 0 Å². The first kappa shape index (κ1) is 12.6. The fourth-order valence-corrected chi connectivity index (χ4v) is 1.74. The molecule has 0 radical (unpaired) electrons. The highest BCUT2D eigenvalue weighted by atomic mass is 16.5. The standard InChI is InChI=1S/C15H18N2O/c1-3-12-6-8-13(9-7-12)18-15-14(11(2)16)5-4-10-17-15/h4-11H,3,16H2,1-2H3. The molecule has 94 valence electrons. The third-order valence-corrected chi connectivity index (χ3v) is 2.84. The van der Waals surface area contributed by atoms with E-state index in [0.29, 0.717) is 5.88 Å². The average molecular weight is 242 g/mol. The van der Waals surface area contributed by atoms with Crippen molar-refractivity contribution in [2.24, 2.45) is 5.73 Å². The number of rotatable bonds is 4. The van der Waals surface area contributed by atoms with Crippen LogP contribution in [0.5, 0.6) is 11.6 Å². The summed E-state index contributed by atoms with van der Waals surface area (Å²) in [5.74, 6) is 1.37. The molecule has 1 atom stereocenters. The van der Waals surface area contributed by atoms with Gasteiger partial charge in [0.15, 0.2) is 0 Å². The van der Waals surface area contributed by atoms with Gasteiger partial charge < -0.3 is 10.5 Å². The molecule has 0 amide bonds. The van der Waals surface area contributed by atoms with Crippen molar-refractivity contribution in [3.63, 3.8) is 0 Å². The number of ether oxygens (including phenoxy) is 1. The van der Waals surface area contributed by atoms with Gasteiger partial charge in [0.05, 0.1) is 0 Å². The maximum atomic E-state index is 5.89. The molecule has 1 heterocycles. The number of pyridine rings is 1. The minimum atomic E-state index is -0.0939. The van der Waals surface area contributed by atoms with Crippen molar-refractivity contribution in [2.45, 2.75) is 26.3 Å². The van der Waals surface area contributed by atoms with Crippen LogP contribution in [0.1, 0.15) is 31.0 Å². The van der Waals surface area contributed by atoms with E-state index in [9.17, 15) is 0 Å². The van der Waals surface area contributed by atoms with E-state index in [0.717, 1.165) is 17.7 Å². The van der Waals surface area contributed by atoms with Crippen molar-refractivity contribution in [1.82, 2.24) is 4.98 Å². The molecule has 0 aliphatic carbocycles. The van der Waals surface area contributed by atoms with Gasteiger partial charge in [0.1, 0.15) is 5.75 Å². The molecule has 2 aromatic rings. The summed E-state index contributed by atoms with van der Waals surface area (Å²) in [6.45, 7) is 4.05. The lowest BCUT2D eigenvalue weighted by Crippen LogP contribution is -2.07. The van der Waals surface area contributed by atoms with Crippen LogP contribution in [-0.2, 0) is 6.42 Å². The van der Waals surface area contributed by atoms with E-state index in [1.54, 1.807) is 6.20 Å². The lowest BCUT2D eigenvalue weighted by molar-refractivity contribution is 0.452. The molecule has 0 bridgehead atoms. The summed E-state index contributed by atoms with van der Waals surface area (Å²) < 4.78 is 5.78. The highest BCUT2D eigenvalue weighted by Gasteiger charge is 2.09. The van der Waals surface area contributed by atoms with Crippen molar-refractivity contribution in [2.75, 3.05) is 0 Å². The molecule has 1 aromatic carbocycles. The van der Waals surface area contributed by atoms with Crippen LogP contribution in [0.15, 0.2) is 42.6 Å². The van der Waals surface area contributed by atoms with Gasteiger partial charge in [-0.15, -0.1) is 0 Å². The van der Waals surface area contributed by atoms with Gasteiger partial charge in [-0.25, -0.2) is 4.98 Å². The lowest BCUT2D eigenvalue weighted by atomic mass is 10.1. The minimum absolute atomic E-state index is 0.0939. The van der Waals surface area contributed by atoms with Crippen LogP contribution >= 0.6 is 0 Å². The van der Waals surface area contributed by atoms with Crippen molar-refractivity contribution < 1.29 is 4.74 Å². The Morgan fingerprint density at radius 1 is 1.22 bits per heavy atom. The second kappa shape index (κ2) is 5.65. The first-order valence-corrected chi connectivity index (χ1v) is 6.18. The maximum absolute atomic E-state index is 5.89. The van der Waals surface area contributed by atoms with Crippen LogP contribution in [0.2, 0.25) is 0 Å². The molecule has 0 fully saturated rings. The van der Waals surface area contributed by atoms with Crippen LogP contribution in [0, 0.1) is 0 Å². The number of nitrogens with zero attached hydrogens (tertiary/aromatic N) is 1. The molecular formula is C15H18N2O. The molecule has 2 N–H and O–H groups in total. The summed E-state index contributed by atoms with van der Waals surface area (Å²) in [6.07, 6.45) is 2.73. The third-order valence-electron chi connectivity index (χ3n) is 2.84. The molecule has 0 spiro atoms. The smallest absolute Gasteiger partial charge is 0.223 e. The number of nitrogens with two attached hydrogens (primary N) is 1. The van der Waals surface area contributed by atoms with Gasteiger partial charge in [-0.05, 0) is 37.1 Å². The molecule has 0 aliphatic rings. The Morgan fingerprint density at radius 3 is 2.56 bits per heavy atom. The molecule has 1 unspecified atom stereocenters. The highest BCUT2D eigenvalue weighted by molar-refractivity contribution is 5.35. The summed E-state index contributed by atoms with van der Waals surface area (Å²) in [5, 5.41) is 0. The van der Waals surface area contributed by atoms with E-state index in [1.807, 2.05) is 31.2 Å². The van der Waals surface area contributed by atoms with E-state index in [-0.39, 0.29) is 6.04 Å². The van der Waals surface area contributed by atoms with Gasteiger partial charge in [-0.1, -0.05) is 25.1 Å². The molecule has 18 heavy (non-hydrogen) atoms. The Bertz CT molecular complexity index is 506. The largest absolute Gasteiger partial charge is 0.439 e. The van der Waals surface area contributed by atoms with Gasteiger partial charge in [0.2, 0.25) is 5.88 Å². The Labute approximate surface area is 108 Å². The zero-order chi connectivity index (χ0) is 13.0. The van der Waals surface area contributed by atoms with Gasteiger partial charge in [0, 0.05) is 17.8 Å². The lowest BCUT2D eigenvalue weighted by Gasteiger charge is -2.12. The van der Waals surface area contributed by atoms with E-state index in [2.05, 4.69) is 24.0 Å². The number of hydrogen-bond acceptors (Lipinski definition) is 3. The topological polar surface area (TPSA) is 48.1 Å². The van der Waals surface area contributed by atoms with Crippen LogP contribution in [0.25, 0.3) is 0 Å². The van der Waals surface area contributed by atoms with Gasteiger partial charge in [-0.2, -0.15) is 0 Å². The van der Waals surface area contributed by atoms with Crippen LogP contribution in [0.3, 0.4) is 0 Å². The van der Waals surface area contributed by atoms with E-state index < -0.39 is 0 Å². The van der Waals surface area contributed by atoms with Crippen LogP contribution < -0.4 is 10.5 Å². The fourth-order valence-electron chi connectivity index (χ4n) is 1.74. The Hall–Kier alpha value is -1.87. The number of hydrogen-bond donors (Lipinski definition) is 1. The van der Waals surface area contributed by atoms with Gasteiger partial charge >= 0.3 is 0 Å². The molecule has 0 saturated heterocycles. The second-order valence-electron chi connectivity index (χ2n) is 4.29. The molecule has 2 rings (SSSR count). The predicted molar refractivity (Wildman–Crippen MR) is 72.7 cm³/mol. The molecule has 3 heteroatoms. The van der Waals surface area contributed by atoms with Crippen molar-refractivity contribution >= 4 is 0 Å². The molecular weight excluding hydrogens is 224 g/mol. The Morgan fingerprint density at radius 2 is 1.94 bits per heavy atom. The van der Waals surface area contributed by atoms with Gasteiger partial charge in [0.25, 0.3) is 0 Å². The first-order valence-electron chi connectivity index (χ1n) is 6.18. The predicted octanol–water partition coefficient (Wildman–Crippen LogP) is 3.46. The fraction of sp³-hybridized carbons (Fsp3) is 0.267. The van der Waals surface area contributed by atoms with E-state index in [4.69, 9.17) is 10.5 Å². The zero-order valence-electron chi connectivity index (χ0n) is 10.8. The first-order chi connectivity index (χ1) is 8.70. The molecule has 1 aromatic heterocycles. The summed E-state index contributed by atoms with van der Waals surface area (Å²) >= 11 is 0. The minimum Gasteiger partial charge on any atom is -0.439 e. The summed E-state index contributed by atoms with van der Waals surface area (Å²) in [7, 11) is 0. The Balaban J connectivity index is 2.22. The summed E-state index contributed by atoms with van der Waals surface area (Å²) in [5.41, 5.74) is 8.10. The molecule has 0 aliphatic heterocycles. The third kappa shape index (κ3) is 2.87. The monoisotopic (exact) mass is 242 g/mol. The van der Waals surface area contributed by atoms with Crippen LogP contribution in [-0.4, -0.2) is 4.98 Å². The Kier molecular flexibility index (Phi) is 3.95. The van der Waals surface area contributed by atoms with Crippen LogP contribution in [0.4, 0.5) is 0 Å². The maximum Gasteiger partial charge on any atom is 0.223 e. The van der Waals surface area contributed by atoms with Crippen molar-refractivity contribution in [3.05, 3.63) is 53.7 Å². The average Bonchev–Trinajstić information content (AvgIpc) is 2.40. The quantitative estimate of drug-likeness (QED) is 0.893. The normalized spacial score (nSPS) is 12.2. The second-order valence-corrected chi connectivity index (χ2v) is 4.29. The highest BCUT2D eigenvalue weighted by Crippen LogP contribution is 2.26. The van der Waals surface area contributed by atoms with E-state index in [1.165, 1.54) is 5.56 Å². The van der Waals surface area contributed by atoms with Gasteiger partial charge in [-0.3, -0.25) is 0 Å². The number of aryl methyl sites for hydroxylation is 1. The summed E-state index contributed by atoms with van der Waals surface area (Å²) in [4.78, 5) is 4.24. The molecule has 0 saturated carbocycles. The summed E-state index contributed by atoms with van der Waals surface area (Å²) in [6, 6.07) is 11.7. The number of benzene rings is 1. The SMILES string of the molecule is CCc1ccc(Oc2ncccc2C(C)N)cc1. The zero-order valence-corrected chi connectivity index (χ0v) is 10.8.